The second-order valence-electron chi connectivity index (χ2n) is 5.61. The van der Waals surface area contributed by atoms with Gasteiger partial charge < -0.3 is 15.5 Å². The molecule has 19 heavy (non-hydrogen) atoms. The van der Waals surface area contributed by atoms with Gasteiger partial charge in [-0.15, -0.1) is 0 Å². The van der Waals surface area contributed by atoms with Crippen molar-refractivity contribution in [1.82, 2.24) is 15.5 Å². The van der Waals surface area contributed by atoms with E-state index in [9.17, 15) is 0 Å². The minimum Gasteiger partial charge on any atom is -0.357 e. The zero-order chi connectivity index (χ0) is 13.9. The number of hydrogen-bond acceptors (Lipinski definition) is 2. The molecule has 0 aromatic carbocycles. The Hall–Kier alpha value is -0.770. The minimum absolute atomic E-state index is 0.634. The molecule has 1 heterocycles. The van der Waals surface area contributed by atoms with Crippen molar-refractivity contribution in [2.24, 2.45) is 10.9 Å². The number of nitrogens with one attached hydrogen (secondary N) is 2. The third-order valence-corrected chi connectivity index (χ3v) is 3.47. The molecular formula is C15H32N4. The van der Waals surface area contributed by atoms with Crippen molar-refractivity contribution in [3.8, 4) is 0 Å². The van der Waals surface area contributed by atoms with Gasteiger partial charge in [0.15, 0.2) is 5.96 Å². The molecule has 1 unspecified atom stereocenters. The average Bonchev–Trinajstić information content (AvgIpc) is 2.43. The number of likely N-dealkylation sites (tertiary alicyclic amines) is 1. The highest BCUT2D eigenvalue weighted by atomic mass is 15.2. The van der Waals surface area contributed by atoms with E-state index >= 15 is 0 Å². The van der Waals surface area contributed by atoms with Crippen LogP contribution in [0.25, 0.3) is 0 Å². The van der Waals surface area contributed by atoms with E-state index in [1.807, 2.05) is 0 Å². The fraction of sp³-hybridized carbons (Fsp3) is 0.933. The van der Waals surface area contributed by atoms with Gasteiger partial charge in [0.25, 0.3) is 0 Å². The maximum absolute atomic E-state index is 4.68. The van der Waals surface area contributed by atoms with E-state index in [-0.39, 0.29) is 0 Å². The third kappa shape index (κ3) is 7.41. The lowest BCUT2D eigenvalue weighted by molar-refractivity contribution is 0.203. The molecule has 0 bridgehead atoms. The molecule has 0 aromatic heterocycles. The molecule has 0 radical (unpaired) electrons. The summed E-state index contributed by atoms with van der Waals surface area (Å²) in [6.45, 7) is 13.2. The van der Waals surface area contributed by atoms with Crippen LogP contribution in [0.2, 0.25) is 0 Å². The van der Waals surface area contributed by atoms with Gasteiger partial charge in [0.1, 0.15) is 0 Å². The van der Waals surface area contributed by atoms with Crippen LogP contribution in [0.15, 0.2) is 4.99 Å². The van der Waals surface area contributed by atoms with Crippen LogP contribution < -0.4 is 10.6 Å². The Morgan fingerprint density at radius 2 is 1.89 bits per heavy atom. The molecule has 0 aromatic rings. The number of nitrogens with zero attached hydrogens (tertiary/aromatic N) is 2. The number of hydrogen-bond donors (Lipinski definition) is 2. The van der Waals surface area contributed by atoms with Crippen molar-refractivity contribution in [2.75, 3.05) is 39.3 Å². The van der Waals surface area contributed by atoms with Crippen molar-refractivity contribution in [3.63, 3.8) is 0 Å². The first kappa shape index (κ1) is 16.3. The molecule has 1 aliphatic heterocycles. The van der Waals surface area contributed by atoms with Crippen LogP contribution in [0.5, 0.6) is 0 Å². The minimum atomic E-state index is 0.634. The van der Waals surface area contributed by atoms with E-state index in [1.165, 1.54) is 38.9 Å². The third-order valence-electron chi connectivity index (χ3n) is 3.47. The molecule has 0 saturated carbocycles. The summed E-state index contributed by atoms with van der Waals surface area (Å²) in [5.41, 5.74) is 0. The first-order valence-corrected chi connectivity index (χ1v) is 8.00. The average molecular weight is 268 g/mol. The van der Waals surface area contributed by atoms with Gasteiger partial charge in [-0.25, -0.2) is 0 Å². The quantitative estimate of drug-likeness (QED) is 0.548. The van der Waals surface area contributed by atoms with E-state index in [0.717, 1.165) is 32.0 Å². The number of rotatable bonds is 7. The molecular weight excluding hydrogens is 236 g/mol. The first-order valence-electron chi connectivity index (χ1n) is 8.00. The van der Waals surface area contributed by atoms with Gasteiger partial charge in [-0.2, -0.15) is 0 Å². The molecule has 0 amide bonds. The molecule has 2 N–H and O–H groups in total. The van der Waals surface area contributed by atoms with Gasteiger partial charge in [-0.3, -0.25) is 4.99 Å². The van der Waals surface area contributed by atoms with Crippen molar-refractivity contribution in [2.45, 2.75) is 46.5 Å². The smallest absolute Gasteiger partial charge is 0.191 e. The van der Waals surface area contributed by atoms with Crippen LogP contribution in [-0.2, 0) is 0 Å². The van der Waals surface area contributed by atoms with Crippen LogP contribution in [0.1, 0.15) is 46.5 Å². The Labute approximate surface area is 119 Å². The second-order valence-corrected chi connectivity index (χ2v) is 5.61. The lowest BCUT2D eigenvalue weighted by atomic mass is 10.1. The van der Waals surface area contributed by atoms with Crippen molar-refractivity contribution >= 4 is 5.96 Å². The Bertz CT molecular complexity index is 247. The normalized spacial score (nSPS) is 19.2. The number of aliphatic imine (C=N–C) groups is 1. The maximum Gasteiger partial charge on any atom is 0.191 e. The largest absolute Gasteiger partial charge is 0.357 e. The summed E-state index contributed by atoms with van der Waals surface area (Å²) in [6.07, 6.45) is 5.29. The van der Waals surface area contributed by atoms with E-state index < -0.39 is 0 Å². The molecule has 0 spiro atoms. The van der Waals surface area contributed by atoms with E-state index in [0.29, 0.717) is 5.92 Å². The van der Waals surface area contributed by atoms with Gasteiger partial charge >= 0.3 is 0 Å². The predicted octanol–water partition coefficient (Wildman–Crippen LogP) is 2.07. The molecule has 4 nitrogen and oxygen atoms in total. The first-order chi connectivity index (χ1) is 9.26. The highest BCUT2D eigenvalue weighted by Crippen LogP contribution is 2.10. The molecule has 1 atom stereocenters. The predicted molar refractivity (Wildman–Crippen MR) is 83.7 cm³/mol. The zero-order valence-electron chi connectivity index (χ0n) is 13.0. The van der Waals surface area contributed by atoms with Crippen molar-refractivity contribution in [1.29, 1.82) is 0 Å². The van der Waals surface area contributed by atoms with Crippen molar-refractivity contribution < 1.29 is 0 Å². The monoisotopic (exact) mass is 268 g/mol. The Morgan fingerprint density at radius 1 is 1.16 bits per heavy atom. The van der Waals surface area contributed by atoms with Gasteiger partial charge in [-0.1, -0.05) is 20.3 Å². The standard InChI is InChI=1S/C15H32N4/c1-4-9-17-15(16-5-2)18-12-14(3)13-19-10-7-6-8-11-19/h14H,4-13H2,1-3H3,(H2,16,17,18). The van der Waals surface area contributed by atoms with Crippen LogP contribution in [0, 0.1) is 5.92 Å². The lowest BCUT2D eigenvalue weighted by Crippen LogP contribution is -2.38. The highest BCUT2D eigenvalue weighted by molar-refractivity contribution is 5.79. The van der Waals surface area contributed by atoms with Gasteiger partial charge in [0.05, 0.1) is 0 Å². The van der Waals surface area contributed by atoms with Crippen LogP contribution in [0.3, 0.4) is 0 Å². The summed E-state index contributed by atoms with van der Waals surface area (Å²) in [4.78, 5) is 7.28. The highest BCUT2D eigenvalue weighted by Gasteiger charge is 2.13. The van der Waals surface area contributed by atoms with E-state index in [2.05, 4.69) is 41.3 Å². The number of guanidine groups is 1. The molecule has 0 aliphatic carbocycles. The summed E-state index contributed by atoms with van der Waals surface area (Å²) in [5.74, 6) is 1.60. The van der Waals surface area contributed by atoms with E-state index in [4.69, 9.17) is 0 Å². The Kier molecular flexibility index (Phi) is 8.63. The molecule has 1 rings (SSSR count). The zero-order valence-corrected chi connectivity index (χ0v) is 13.0. The SMILES string of the molecule is CCCNC(=NCC(C)CN1CCCCC1)NCC. The molecule has 1 saturated heterocycles. The van der Waals surface area contributed by atoms with Gasteiger partial charge in [0.2, 0.25) is 0 Å². The summed E-state index contributed by atoms with van der Waals surface area (Å²) in [6, 6.07) is 0. The summed E-state index contributed by atoms with van der Waals surface area (Å²) in [5, 5.41) is 6.66. The van der Waals surface area contributed by atoms with Gasteiger partial charge in [0, 0.05) is 26.2 Å². The second kappa shape index (κ2) is 10.1. The summed E-state index contributed by atoms with van der Waals surface area (Å²) in [7, 11) is 0. The molecule has 4 heteroatoms. The molecule has 1 fully saturated rings. The van der Waals surface area contributed by atoms with E-state index in [1.54, 1.807) is 0 Å². The van der Waals surface area contributed by atoms with Crippen LogP contribution in [0.4, 0.5) is 0 Å². The Balaban J connectivity index is 2.28. The van der Waals surface area contributed by atoms with Crippen LogP contribution in [-0.4, -0.2) is 50.1 Å². The maximum atomic E-state index is 4.68. The fourth-order valence-corrected chi connectivity index (χ4v) is 2.47. The van der Waals surface area contributed by atoms with Crippen LogP contribution >= 0.6 is 0 Å². The summed E-state index contributed by atoms with van der Waals surface area (Å²) < 4.78 is 0. The Morgan fingerprint density at radius 3 is 2.53 bits per heavy atom. The lowest BCUT2D eigenvalue weighted by Gasteiger charge is -2.28. The van der Waals surface area contributed by atoms with Crippen molar-refractivity contribution in [3.05, 3.63) is 0 Å². The molecule has 112 valence electrons. The van der Waals surface area contributed by atoms with Gasteiger partial charge in [-0.05, 0) is 45.2 Å². The fourth-order valence-electron chi connectivity index (χ4n) is 2.47. The topological polar surface area (TPSA) is 39.7 Å². The molecule has 1 aliphatic rings. The summed E-state index contributed by atoms with van der Waals surface area (Å²) >= 11 is 0. The number of piperidine rings is 1.